The number of hydrogen-bond donors (Lipinski definition) is 4. The van der Waals surface area contributed by atoms with Gasteiger partial charge in [-0.15, -0.1) is 0 Å². The number of carbonyl (C=O) groups is 3. The smallest absolute Gasteiger partial charge is 0.463 e. The van der Waals surface area contributed by atoms with E-state index >= 15 is 0 Å². The molecule has 640 valence electrons. The molecule has 0 aliphatic heterocycles. The van der Waals surface area contributed by atoms with Gasteiger partial charge in [-0.1, -0.05) is 379 Å². The molecule has 111 heavy (non-hydrogen) atoms. The molecule has 5 unspecified atom stereocenters. The summed E-state index contributed by atoms with van der Waals surface area (Å²) in [6, 6.07) is 0. The minimum Gasteiger partial charge on any atom is -0.463 e. The molecule has 18 heteroatoms. The molecule has 0 bridgehead atoms. The van der Waals surface area contributed by atoms with Gasteiger partial charge in [0.05, 0.1) is 26.4 Å². The molecule has 0 aromatic rings. The van der Waals surface area contributed by atoms with Crippen LogP contribution in [0.5, 0.6) is 0 Å². The van der Waals surface area contributed by atoms with Crippen LogP contribution in [0.2, 0.25) is 0 Å². The third kappa shape index (κ3) is 86.4. The predicted molar refractivity (Wildman–Crippen MR) is 463 cm³/mol. The zero-order valence-electron chi connectivity index (χ0n) is 70.4. The lowest BCUT2D eigenvalue weighted by Gasteiger charge is -2.21. The van der Waals surface area contributed by atoms with Gasteiger partial charge in [-0.05, 0) is 116 Å². The zero-order chi connectivity index (χ0) is 80.8. The summed E-state index contributed by atoms with van der Waals surface area (Å²) in [5.41, 5.74) is 0. The Labute approximate surface area is 677 Å². The van der Waals surface area contributed by atoms with Crippen molar-refractivity contribution >= 4 is 33.6 Å². The van der Waals surface area contributed by atoms with Gasteiger partial charge in [-0.25, -0.2) is 9.13 Å². The first kappa shape index (κ1) is 107. The van der Waals surface area contributed by atoms with Crippen LogP contribution in [0.1, 0.15) is 380 Å². The molecule has 0 heterocycles. The number of carbonyl (C=O) groups excluding carboxylic acids is 3. The highest BCUT2D eigenvalue weighted by molar-refractivity contribution is 7.47. The number of esters is 3. The Morgan fingerprint density at radius 3 is 0.757 bits per heavy atom. The van der Waals surface area contributed by atoms with Gasteiger partial charge >= 0.3 is 33.6 Å². The fourth-order valence-corrected chi connectivity index (χ4v) is 13.8. The SMILES string of the molecule is CC/C=C\C/C=C\C/C=C\C/C=C\C/C=C\C/C=C\CCCCCCCCCCCCCCCCC(=O)OCC(O)COP(=O)(O)OCC(O)COP(=O)(O)OCC(COC(=O)CCCCCCCCCCCCCCC/C=C\C/C=C\C/C=C\C/C=C\C/C=C\CC)OC(=O)CCCCCCCCCCCCCCC. The summed E-state index contributed by atoms with van der Waals surface area (Å²) in [6.07, 6.45) is 105. The third-order valence-electron chi connectivity index (χ3n) is 18.9. The van der Waals surface area contributed by atoms with Crippen molar-refractivity contribution in [1.29, 1.82) is 0 Å². The van der Waals surface area contributed by atoms with Crippen LogP contribution < -0.4 is 0 Å². The second-order valence-electron chi connectivity index (χ2n) is 29.6. The molecule has 0 aliphatic rings. The minimum absolute atomic E-state index is 0.108. The molecule has 0 aliphatic carbocycles. The average molecular weight is 1600 g/mol. The first-order valence-corrected chi connectivity index (χ1v) is 47.5. The molecule has 5 atom stereocenters. The van der Waals surface area contributed by atoms with Crippen LogP contribution in [-0.2, 0) is 55.8 Å². The molecule has 0 aromatic heterocycles. The van der Waals surface area contributed by atoms with Gasteiger partial charge in [0.25, 0.3) is 0 Å². The highest BCUT2D eigenvalue weighted by Gasteiger charge is 2.29. The number of allylic oxidation sites excluding steroid dienone is 22. The van der Waals surface area contributed by atoms with E-state index in [9.17, 15) is 43.5 Å². The van der Waals surface area contributed by atoms with E-state index in [1.165, 1.54) is 173 Å². The van der Waals surface area contributed by atoms with Crippen molar-refractivity contribution in [2.45, 2.75) is 399 Å². The molecule has 4 N–H and O–H groups in total. The molecular formula is C93H162O16P2. The summed E-state index contributed by atoms with van der Waals surface area (Å²) < 4.78 is 61.3. The van der Waals surface area contributed by atoms with E-state index in [4.69, 9.17) is 32.3 Å². The van der Waals surface area contributed by atoms with Gasteiger partial charge in [-0.2, -0.15) is 0 Å². The van der Waals surface area contributed by atoms with Crippen molar-refractivity contribution < 1.29 is 75.8 Å². The molecule has 0 fully saturated rings. The summed E-state index contributed by atoms with van der Waals surface area (Å²) in [5, 5.41) is 20.7. The molecule has 0 saturated carbocycles. The molecular weight excluding hydrogens is 1430 g/mol. The van der Waals surface area contributed by atoms with Crippen molar-refractivity contribution in [1.82, 2.24) is 0 Å². The van der Waals surface area contributed by atoms with Crippen molar-refractivity contribution in [3.8, 4) is 0 Å². The molecule has 0 spiro atoms. The van der Waals surface area contributed by atoms with Crippen molar-refractivity contribution in [3.05, 3.63) is 134 Å². The van der Waals surface area contributed by atoms with Gasteiger partial charge in [-0.3, -0.25) is 32.5 Å². The Hall–Kier alpha value is -4.31. The van der Waals surface area contributed by atoms with Crippen LogP contribution in [0.3, 0.4) is 0 Å². The van der Waals surface area contributed by atoms with Crippen molar-refractivity contribution in [2.24, 2.45) is 0 Å². The molecule has 0 aromatic carbocycles. The van der Waals surface area contributed by atoms with Gasteiger partial charge < -0.3 is 34.2 Å². The number of phosphoric ester groups is 2. The summed E-state index contributed by atoms with van der Waals surface area (Å²) in [4.78, 5) is 58.8. The van der Waals surface area contributed by atoms with E-state index in [2.05, 4.69) is 154 Å². The topological polar surface area (TPSA) is 231 Å². The van der Waals surface area contributed by atoms with E-state index in [-0.39, 0.29) is 19.3 Å². The van der Waals surface area contributed by atoms with Crippen LogP contribution in [0.4, 0.5) is 0 Å². The van der Waals surface area contributed by atoms with Gasteiger partial charge in [0.1, 0.15) is 25.4 Å². The lowest BCUT2D eigenvalue weighted by molar-refractivity contribution is -0.161. The van der Waals surface area contributed by atoms with E-state index in [1.807, 2.05) is 0 Å². The summed E-state index contributed by atoms with van der Waals surface area (Å²) in [6.45, 7) is 2.51. The van der Waals surface area contributed by atoms with Gasteiger partial charge in [0, 0.05) is 19.3 Å². The lowest BCUT2D eigenvalue weighted by Crippen LogP contribution is -2.30. The maximum Gasteiger partial charge on any atom is 0.472 e. The fraction of sp³-hybridized carbons (Fsp3) is 0.731. The van der Waals surface area contributed by atoms with E-state index in [1.54, 1.807) is 0 Å². The fourth-order valence-electron chi connectivity index (χ4n) is 12.2. The van der Waals surface area contributed by atoms with E-state index in [0.29, 0.717) is 19.3 Å². The van der Waals surface area contributed by atoms with Crippen LogP contribution in [0.25, 0.3) is 0 Å². The summed E-state index contributed by atoms with van der Waals surface area (Å²) >= 11 is 0. The number of aliphatic hydroxyl groups is 2. The van der Waals surface area contributed by atoms with Crippen molar-refractivity contribution in [2.75, 3.05) is 39.6 Å². The maximum absolute atomic E-state index is 13.0. The maximum atomic E-state index is 13.0. The normalized spacial score (nSPS) is 14.5. The number of hydrogen-bond acceptors (Lipinski definition) is 14. The molecule has 0 radical (unpaired) electrons. The van der Waals surface area contributed by atoms with Gasteiger partial charge in [0.15, 0.2) is 6.10 Å². The summed E-state index contributed by atoms with van der Waals surface area (Å²) in [5.74, 6) is -1.56. The Bertz CT molecular complexity index is 2550. The Morgan fingerprint density at radius 1 is 0.261 bits per heavy atom. The number of unbranched alkanes of at least 4 members (excludes halogenated alkanes) is 39. The number of aliphatic hydroxyl groups excluding tert-OH is 2. The van der Waals surface area contributed by atoms with Gasteiger partial charge in [0.2, 0.25) is 0 Å². The third-order valence-corrected chi connectivity index (χ3v) is 20.8. The van der Waals surface area contributed by atoms with E-state index in [0.717, 1.165) is 148 Å². The number of rotatable bonds is 84. The minimum atomic E-state index is -4.93. The van der Waals surface area contributed by atoms with Crippen molar-refractivity contribution in [3.63, 3.8) is 0 Å². The van der Waals surface area contributed by atoms with Crippen LogP contribution in [0.15, 0.2) is 134 Å². The first-order valence-electron chi connectivity index (χ1n) is 44.5. The second-order valence-corrected chi connectivity index (χ2v) is 32.6. The lowest BCUT2D eigenvalue weighted by atomic mass is 10.0. The largest absolute Gasteiger partial charge is 0.472 e. The standard InChI is InChI=1S/C93H162O16P2/c1-4-7-10-13-16-19-22-25-27-29-31-33-35-37-39-41-42-43-44-46-48-49-51-53-55-57-59-62-64-67-70-73-76-79-91(96)103-82-88(94)83-105-110(99,100)106-84-89(95)85-107-111(101,102)108-87-90(109-93(98)81-78-75-72-69-66-61-24-21-18-15-12-9-6-3)86-104-92(97)80-77-74-71-68-65-63-60-58-56-54-52-50-47-45-40-38-36-34-32-30-28-26-23-20-17-14-11-8-5-2/h7-8,10-11,16-17,19-20,25-28,31-34,37-40,42-43,88-90,94-95H,4-6,9,12-15,18,21-24,29-30,35-36,41,44-87H2,1-3H3,(H,99,100)(H,101,102)/b10-7-,11-8-,19-16-,20-17-,27-25-,28-26-,33-31-,34-32-,39-37-,40-38-,43-42-. The molecule has 16 nitrogen and oxygen atoms in total. The Balaban J connectivity index is 4.41. The highest BCUT2D eigenvalue weighted by atomic mass is 31.2. The molecule has 0 rings (SSSR count). The van der Waals surface area contributed by atoms with E-state index < -0.39 is 91.5 Å². The van der Waals surface area contributed by atoms with Crippen LogP contribution >= 0.6 is 15.6 Å². The predicted octanol–water partition coefficient (Wildman–Crippen LogP) is 27.0. The first-order chi connectivity index (χ1) is 54.2. The Morgan fingerprint density at radius 2 is 0.477 bits per heavy atom. The van der Waals surface area contributed by atoms with Crippen LogP contribution in [0, 0.1) is 0 Å². The monoisotopic (exact) mass is 1600 g/mol. The molecule has 0 saturated heterocycles. The summed E-state index contributed by atoms with van der Waals surface area (Å²) in [7, 11) is -9.79. The average Bonchev–Trinajstić information content (AvgIpc) is 0.978. The molecule has 0 amide bonds. The van der Waals surface area contributed by atoms with Crippen LogP contribution in [-0.4, -0.2) is 95.9 Å². The highest BCUT2D eigenvalue weighted by Crippen LogP contribution is 2.45. The Kier molecular flexibility index (Phi) is 81.8. The number of ether oxygens (including phenoxy) is 3. The quantitative estimate of drug-likeness (QED) is 0.0146. The zero-order valence-corrected chi connectivity index (χ0v) is 72.1. The second kappa shape index (κ2) is 85.1. The number of phosphoric acid groups is 2.